The molecule has 13 nitrogen and oxygen atoms in total. The van der Waals surface area contributed by atoms with Crippen LogP contribution in [0.4, 0.5) is 17.2 Å². The van der Waals surface area contributed by atoms with Crippen molar-refractivity contribution in [2.75, 3.05) is 16.9 Å². The molecule has 2 aromatic heterocycles. The van der Waals surface area contributed by atoms with Gasteiger partial charge in [-0.2, -0.15) is 5.10 Å². The molecule has 0 bridgehead atoms. The van der Waals surface area contributed by atoms with Crippen LogP contribution in [0.3, 0.4) is 0 Å². The number of imide groups is 2. The number of amides is 4. The molecule has 16 heteroatoms. The fraction of sp³-hybridized carbons (Fsp3) is 0.293. The SMILES string of the molecule is COc1cc(C2C3=CCC4C(=O)N(c5cccc([N+](=O)[O-])c5)C(=O)C4C3CC3C(=O)N(c4cc(-c5sc6ccc(Cl)cc6c5C)nn4C)C(=O)C32C)cc(Br)c1O. The Labute approximate surface area is 342 Å². The summed E-state index contributed by atoms with van der Waals surface area (Å²) in [5.74, 6) is -5.65. The summed E-state index contributed by atoms with van der Waals surface area (Å²) in [5, 5.41) is 28.8. The van der Waals surface area contributed by atoms with Crippen LogP contribution in [0.2, 0.25) is 5.02 Å². The van der Waals surface area contributed by atoms with E-state index in [2.05, 4.69) is 15.9 Å². The standard InChI is InChI=1S/C41H33BrClN5O8S/c1-18-25-14-20(43)8-11-31(25)57-36(18)29-17-32(45(3)44-29)47-38(51)27-16-26-23(34(41(27,2)40(47)53)19-12-28(42)35(49)30(13-19)56-4)9-10-24-33(26)39(52)46(37(24)50)21-6-5-7-22(15-21)48(54)55/h5-9,11-15,17,24,26-27,33-34,49H,10,16H2,1-4H3. The molecule has 290 valence electrons. The Hall–Kier alpha value is -5.38. The maximum absolute atomic E-state index is 15.2. The largest absolute Gasteiger partial charge is 0.503 e. The van der Waals surface area contributed by atoms with Gasteiger partial charge in [-0.25, -0.2) is 9.80 Å². The number of benzene rings is 3. The number of nitro groups is 1. The Morgan fingerprint density at radius 1 is 1.04 bits per heavy atom. The molecule has 9 rings (SSSR count). The highest BCUT2D eigenvalue weighted by atomic mass is 79.9. The first kappa shape index (κ1) is 37.2. The van der Waals surface area contributed by atoms with Gasteiger partial charge in [0, 0.05) is 40.9 Å². The first-order chi connectivity index (χ1) is 27.1. The summed E-state index contributed by atoms with van der Waals surface area (Å²) in [4.78, 5) is 72.8. The molecule has 2 saturated heterocycles. The van der Waals surface area contributed by atoms with Gasteiger partial charge in [-0.3, -0.25) is 34.0 Å². The molecule has 2 aliphatic heterocycles. The van der Waals surface area contributed by atoms with Crippen molar-refractivity contribution in [2.45, 2.75) is 32.6 Å². The number of aryl methyl sites for hydroxylation is 2. The number of ether oxygens (including phenoxy) is 1. The number of hydrogen-bond donors (Lipinski definition) is 1. The molecule has 2 aliphatic carbocycles. The van der Waals surface area contributed by atoms with Gasteiger partial charge in [0.1, 0.15) is 11.5 Å². The summed E-state index contributed by atoms with van der Waals surface area (Å²) in [6.45, 7) is 3.75. The third-order valence-corrected chi connectivity index (χ3v) is 14.5. The number of aromatic hydroxyl groups is 1. The van der Waals surface area contributed by atoms with Crippen molar-refractivity contribution in [3.8, 4) is 22.1 Å². The quantitative estimate of drug-likeness (QED) is 0.0769. The molecule has 4 heterocycles. The number of thiophene rings is 1. The highest BCUT2D eigenvalue weighted by Gasteiger charge is 2.68. The van der Waals surface area contributed by atoms with Gasteiger partial charge in [-0.1, -0.05) is 29.3 Å². The maximum atomic E-state index is 15.2. The fourth-order valence-corrected chi connectivity index (χ4v) is 11.5. The van der Waals surface area contributed by atoms with E-state index < -0.39 is 63.6 Å². The second-order valence-corrected chi connectivity index (χ2v) is 17.6. The Bertz CT molecular complexity index is 2690. The number of anilines is 2. The molecule has 3 fully saturated rings. The lowest BCUT2D eigenvalue weighted by atomic mass is 9.51. The fourth-order valence-electron chi connectivity index (χ4n) is 9.75. The van der Waals surface area contributed by atoms with Crippen molar-refractivity contribution in [1.82, 2.24) is 9.78 Å². The van der Waals surface area contributed by atoms with Crippen molar-refractivity contribution in [3.63, 3.8) is 0 Å². The van der Waals surface area contributed by atoms with Crippen LogP contribution in [0.15, 0.2) is 76.8 Å². The van der Waals surface area contributed by atoms with E-state index in [1.807, 2.05) is 31.2 Å². The summed E-state index contributed by atoms with van der Waals surface area (Å²) < 4.78 is 8.38. The average molecular weight is 871 g/mol. The molecule has 1 saturated carbocycles. The van der Waals surface area contributed by atoms with E-state index in [9.17, 15) is 29.6 Å². The molecule has 0 radical (unpaired) electrons. The summed E-state index contributed by atoms with van der Waals surface area (Å²) in [6.07, 6.45) is 2.18. The minimum atomic E-state index is -1.38. The van der Waals surface area contributed by atoms with E-state index in [1.165, 1.54) is 52.3 Å². The molecular weight excluding hydrogens is 838 g/mol. The maximum Gasteiger partial charge on any atom is 0.271 e. The monoisotopic (exact) mass is 869 g/mol. The number of non-ortho nitro benzene ring substituents is 1. The van der Waals surface area contributed by atoms with Crippen LogP contribution in [-0.4, -0.2) is 50.5 Å². The van der Waals surface area contributed by atoms with Crippen LogP contribution >= 0.6 is 38.9 Å². The van der Waals surface area contributed by atoms with Crippen LogP contribution in [0.5, 0.6) is 11.5 Å². The number of hydrogen-bond acceptors (Lipinski definition) is 10. The molecule has 0 spiro atoms. The molecule has 4 aliphatic rings. The molecule has 5 aromatic rings. The minimum absolute atomic E-state index is 0.0974. The van der Waals surface area contributed by atoms with Crippen molar-refractivity contribution < 1.29 is 33.9 Å². The van der Waals surface area contributed by atoms with Crippen LogP contribution in [0.25, 0.3) is 20.7 Å². The van der Waals surface area contributed by atoms with Crippen molar-refractivity contribution in [3.05, 3.63) is 103 Å². The van der Waals surface area contributed by atoms with E-state index >= 15 is 4.79 Å². The van der Waals surface area contributed by atoms with Gasteiger partial charge >= 0.3 is 0 Å². The van der Waals surface area contributed by atoms with Gasteiger partial charge < -0.3 is 9.84 Å². The van der Waals surface area contributed by atoms with Crippen LogP contribution in [0.1, 0.15) is 36.8 Å². The van der Waals surface area contributed by atoms with E-state index in [4.69, 9.17) is 21.4 Å². The van der Waals surface area contributed by atoms with Crippen LogP contribution < -0.4 is 14.5 Å². The van der Waals surface area contributed by atoms with Gasteiger partial charge in [-0.15, -0.1) is 11.3 Å². The van der Waals surface area contributed by atoms with Gasteiger partial charge in [0.25, 0.3) is 5.69 Å². The predicted octanol–water partition coefficient (Wildman–Crippen LogP) is 8.08. The van der Waals surface area contributed by atoms with E-state index in [1.54, 1.807) is 32.2 Å². The first-order valence-electron chi connectivity index (χ1n) is 18.2. The van der Waals surface area contributed by atoms with Crippen molar-refractivity contribution >= 4 is 89.8 Å². The molecule has 3 aromatic carbocycles. The van der Waals surface area contributed by atoms with Crippen molar-refractivity contribution in [1.29, 1.82) is 0 Å². The van der Waals surface area contributed by atoms with E-state index in [0.717, 1.165) is 31.0 Å². The zero-order valence-corrected chi connectivity index (χ0v) is 34.0. The average Bonchev–Trinajstić information content (AvgIpc) is 3.85. The number of halogens is 2. The number of allylic oxidation sites excluding steroid dienone is 2. The molecule has 6 atom stereocenters. The minimum Gasteiger partial charge on any atom is -0.503 e. The molecular formula is C41H33BrClN5O8S. The topological polar surface area (TPSA) is 165 Å². The number of carbonyl (C=O) groups is 4. The van der Waals surface area contributed by atoms with Gasteiger partial charge in [0.2, 0.25) is 23.6 Å². The third kappa shape index (κ3) is 5.27. The zero-order valence-electron chi connectivity index (χ0n) is 30.9. The highest BCUT2D eigenvalue weighted by molar-refractivity contribution is 9.10. The Balaban J connectivity index is 1.17. The summed E-state index contributed by atoms with van der Waals surface area (Å²) in [7, 11) is 3.09. The summed E-state index contributed by atoms with van der Waals surface area (Å²) >= 11 is 11.3. The lowest BCUT2D eigenvalue weighted by molar-refractivity contribution is -0.384. The number of carbonyl (C=O) groups excluding carboxylic acids is 4. The lowest BCUT2D eigenvalue weighted by Gasteiger charge is -2.49. The number of nitro benzene ring substituents is 1. The smallest absolute Gasteiger partial charge is 0.271 e. The van der Waals surface area contributed by atoms with E-state index in [0.29, 0.717) is 20.8 Å². The Kier molecular flexibility index (Phi) is 8.54. The molecule has 4 amide bonds. The second-order valence-electron chi connectivity index (χ2n) is 15.2. The van der Waals surface area contributed by atoms with E-state index in [-0.39, 0.29) is 41.5 Å². The molecule has 1 N–H and O–H groups in total. The highest BCUT2D eigenvalue weighted by Crippen LogP contribution is 2.64. The van der Waals surface area contributed by atoms with Crippen LogP contribution in [0, 0.1) is 46.1 Å². The van der Waals surface area contributed by atoms with Crippen LogP contribution in [-0.2, 0) is 26.2 Å². The number of methoxy groups -OCH3 is 1. The number of aromatic nitrogens is 2. The zero-order chi connectivity index (χ0) is 40.4. The molecule has 57 heavy (non-hydrogen) atoms. The van der Waals surface area contributed by atoms with Gasteiger partial charge in [0.05, 0.1) is 50.2 Å². The van der Waals surface area contributed by atoms with Gasteiger partial charge in [-0.05, 0) is 101 Å². The van der Waals surface area contributed by atoms with Gasteiger partial charge in [0.15, 0.2) is 11.5 Å². The first-order valence-corrected chi connectivity index (χ1v) is 20.1. The number of rotatable bonds is 6. The number of phenols is 1. The van der Waals surface area contributed by atoms with Crippen molar-refractivity contribution in [2.24, 2.45) is 36.1 Å². The molecule has 6 unspecified atom stereocenters. The predicted molar refractivity (Wildman–Crippen MR) is 216 cm³/mol. The Morgan fingerprint density at radius 3 is 2.54 bits per heavy atom. The number of fused-ring (bicyclic) bond motifs is 5. The lowest BCUT2D eigenvalue weighted by Crippen LogP contribution is -2.49. The summed E-state index contributed by atoms with van der Waals surface area (Å²) in [5.41, 5.74) is 1.30. The Morgan fingerprint density at radius 2 is 1.81 bits per heavy atom. The second kappa shape index (κ2) is 13.1. The number of phenolic OH excluding ortho intramolecular Hbond substituents is 1. The number of nitrogens with zero attached hydrogens (tertiary/aromatic N) is 5. The third-order valence-electron chi connectivity index (χ3n) is 12.4. The normalized spacial score (nSPS) is 25.5. The summed E-state index contributed by atoms with van der Waals surface area (Å²) in [6, 6.07) is 16.2.